The van der Waals surface area contributed by atoms with Crippen LogP contribution in [0.3, 0.4) is 0 Å². The minimum absolute atomic E-state index is 0.543. The van der Waals surface area contributed by atoms with Crippen LogP contribution in [-0.4, -0.2) is 25.3 Å². The normalized spacial score (nSPS) is 15.5. The fourth-order valence-electron chi connectivity index (χ4n) is 1.96. The van der Waals surface area contributed by atoms with Gasteiger partial charge in [0, 0.05) is 24.3 Å². The van der Waals surface area contributed by atoms with Crippen LogP contribution in [0.25, 0.3) is 0 Å². The minimum atomic E-state index is -0.785. The smallest absolute Gasteiger partial charge is 0.423 e. The van der Waals surface area contributed by atoms with Gasteiger partial charge in [-0.05, 0) is 12.0 Å². The predicted octanol–water partition coefficient (Wildman–Crippen LogP) is 0.769. The second-order valence-corrected chi connectivity index (χ2v) is 3.78. The van der Waals surface area contributed by atoms with Gasteiger partial charge >= 0.3 is 7.12 Å². The van der Waals surface area contributed by atoms with Gasteiger partial charge in [-0.25, -0.2) is 0 Å². The maximum Gasteiger partial charge on any atom is 0.493 e. The molecule has 2 N–H and O–H groups in total. The number of nitrogens with one attached hydrogen (secondary N) is 1. The molecule has 1 aliphatic heterocycles. The molecule has 1 aromatic carbocycles. The highest BCUT2D eigenvalue weighted by Crippen LogP contribution is 2.17. The van der Waals surface area contributed by atoms with E-state index in [9.17, 15) is 5.02 Å². The second kappa shape index (κ2) is 4.68. The van der Waals surface area contributed by atoms with Crippen molar-refractivity contribution in [1.29, 1.82) is 0 Å². The molecular formula is C11H16BNO2. The van der Waals surface area contributed by atoms with Crippen molar-refractivity contribution in [2.45, 2.75) is 19.8 Å². The Hall–Kier alpha value is -0.995. The van der Waals surface area contributed by atoms with Gasteiger partial charge in [-0.2, -0.15) is 0 Å². The maximum atomic E-state index is 9.77. The van der Waals surface area contributed by atoms with E-state index in [0.717, 1.165) is 30.5 Å². The summed E-state index contributed by atoms with van der Waals surface area (Å²) in [4.78, 5) is 0. The zero-order valence-electron chi connectivity index (χ0n) is 8.99. The Balaban J connectivity index is 2.39. The fraction of sp³-hybridized carbons (Fsp3) is 0.455. The Kier molecular flexibility index (Phi) is 3.28. The lowest BCUT2D eigenvalue weighted by molar-refractivity contribution is 0.284. The molecule has 0 fully saturated rings. The molecule has 0 bridgehead atoms. The van der Waals surface area contributed by atoms with E-state index in [2.05, 4.69) is 18.3 Å². The quantitative estimate of drug-likeness (QED) is 0.700. The molecule has 0 spiro atoms. The van der Waals surface area contributed by atoms with Crippen molar-refractivity contribution < 1.29 is 9.68 Å². The molecule has 1 aromatic rings. The van der Waals surface area contributed by atoms with Crippen LogP contribution in [0.5, 0.6) is 0 Å². The minimum Gasteiger partial charge on any atom is -0.423 e. The van der Waals surface area contributed by atoms with Gasteiger partial charge in [0.25, 0.3) is 0 Å². The van der Waals surface area contributed by atoms with Crippen LogP contribution in [0, 0.1) is 0 Å². The molecule has 0 saturated heterocycles. The Morgan fingerprint density at radius 1 is 1.53 bits per heavy atom. The average Bonchev–Trinajstić information content (AvgIpc) is 2.43. The fourth-order valence-corrected chi connectivity index (χ4v) is 1.96. The molecule has 4 heteroatoms. The number of aryl methyl sites for hydroxylation is 1. The number of benzene rings is 1. The number of hydrogen-bond acceptors (Lipinski definition) is 3. The van der Waals surface area contributed by atoms with Crippen molar-refractivity contribution in [3.63, 3.8) is 0 Å². The predicted molar refractivity (Wildman–Crippen MR) is 62.5 cm³/mol. The number of para-hydroxylation sites is 1. The molecule has 3 nitrogen and oxygen atoms in total. The standard InChI is InChI=1S/C11H16BNO2/c1-2-4-9-5-3-6-10-11(9)13-7-8-15-12(10)14/h3,5-6,13-14H,2,4,7-8H2,1H3. The van der Waals surface area contributed by atoms with Gasteiger partial charge in [-0.1, -0.05) is 31.5 Å². The third-order valence-corrected chi connectivity index (χ3v) is 2.65. The molecule has 0 aromatic heterocycles. The molecule has 0 atom stereocenters. The number of fused-ring (bicyclic) bond motifs is 1. The monoisotopic (exact) mass is 205 g/mol. The van der Waals surface area contributed by atoms with Crippen molar-refractivity contribution in [1.82, 2.24) is 0 Å². The molecule has 0 aliphatic carbocycles. The van der Waals surface area contributed by atoms with Gasteiger partial charge in [0.05, 0.1) is 0 Å². The van der Waals surface area contributed by atoms with Gasteiger partial charge in [-0.3, -0.25) is 0 Å². The van der Waals surface area contributed by atoms with Gasteiger partial charge < -0.3 is 15.0 Å². The van der Waals surface area contributed by atoms with Crippen LogP contribution in [0.4, 0.5) is 5.69 Å². The highest BCUT2D eigenvalue weighted by Gasteiger charge is 2.24. The maximum absolute atomic E-state index is 9.77. The number of rotatable bonds is 2. The summed E-state index contributed by atoms with van der Waals surface area (Å²) in [5.41, 5.74) is 3.18. The Labute approximate surface area is 90.6 Å². The Morgan fingerprint density at radius 3 is 3.20 bits per heavy atom. The summed E-state index contributed by atoms with van der Waals surface area (Å²) in [6, 6.07) is 5.99. The molecule has 0 unspecified atom stereocenters. The molecule has 0 saturated carbocycles. The number of anilines is 1. The highest BCUT2D eigenvalue weighted by molar-refractivity contribution is 6.62. The molecule has 1 aliphatic rings. The van der Waals surface area contributed by atoms with E-state index in [0.29, 0.717) is 6.61 Å². The van der Waals surface area contributed by atoms with E-state index >= 15 is 0 Å². The molecule has 2 rings (SSSR count). The van der Waals surface area contributed by atoms with Crippen LogP contribution in [0.1, 0.15) is 18.9 Å². The summed E-state index contributed by atoms with van der Waals surface area (Å²) in [5, 5.41) is 13.1. The van der Waals surface area contributed by atoms with E-state index in [1.165, 1.54) is 5.56 Å². The molecule has 0 radical (unpaired) electrons. The van der Waals surface area contributed by atoms with Crippen LogP contribution in [-0.2, 0) is 11.1 Å². The van der Waals surface area contributed by atoms with Crippen LogP contribution >= 0.6 is 0 Å². The summed E-state index contributed by atoms with van der Waals surface area (Å²) < 4.78 is 5.26. The zero-order chi connectivity index (χ0) is 10.7. The van der Waals surface area contributed by atoms with E-state index in [1.807, 2.05) is 12.1 Å². The highest BCUT2D eigenvalue weighted by atomic mass is 16.5. The SMILES string of the molecule is CCCc1cccc2c1NCCOB2O. The van der Waals surface area contributed by atoms with Crippen molar-refractivity contribution in [3.8, 4) is 0 Å². The third-order valence-electron chi connectivity index (χ3n) is 2.65. The zero-order valence-corrected chi connectivity index (χ0v) is 8.99. The molecular weight excluding hydrogens is 189 g/mol. The molecule has 15 heavy (non-hydrogen) atoms. The first-order valence-electron chi connectivity index (χ1n) is 5.48. The van der Waals surface area contributed by atoms with Crippen molar-refractivity contribution in [3.05, 3.63) is 23.8 Å². The van der Waals surface area contributed by atoms with Crippen molar-refractivity contribution in [2.24, 2.45) is 0 Å². The van der Waals surface area contributed by atoms with Gasteiger partial charge in [0.15, 0.2) is 0 Å². The molecule has 0 amide bonds. The summed E-state index contributed by atoms with van der Waals surface area (Å²) in [6.45, 7) is 3.45. The first kappa shape index (κ1) is 10.5. The summed E-state index contributed by atoms with van der Waals surface area (Å²) in [5.74, 6) is 0. The third kappa shape index (κ3) is 2.16. The molecule has 80 valence electrons. The topological polar surface area (TPSA) is 41.5 Å². The van der Waals surface area contributed by atoms with E-state index in [1.54, 1.807) is 0 Å². The Morgan fingerprint density at radius 2 is 2.40 bits per heavy atom. The largest absolute Gasteiger partial charge is 0.493 e. The lowest BCUT2D eigenvalue weighted by atomic mass is 9.77. The van der Waals surface area contributed by atoms with Crippen LogP contribution in [0.2, 0.25) is 0 Å². The van der Waals surface area contributed by atoms with E-state index < -0.39 is 7.12 Å². The first-order valence-corrected chi connectivity index (χ1v) is 5.48. The number of hydrogen-bond donors (Lipinski definition) is 2. The van der Waals surface area contributed by atoms with E-state index in [-0.39, 0.29) is 0 Å². The molecule has 1 heterocycles. The van der Waals surface area contributed by atoms with Gasteiger partial charge in [0.2, 0.25) is 0 Å². The summed E-state index contributed by atoms with van der Waals surface area (Å²) in [6.07, 6.45) is 2.14. The Bertz CT molecular complexity index is 343. The summed E-state index contributed by atoms with van der Waals surface area (Å²) in [7, 11) is -0.785. The van der Waals surface area contributed by atoms with Crippen LogP contribution < -0.4 is 10.8 Å². The van der Waals surface area contributed by atoms with Gasteiger partial charge in [0.1, 0.15) is 0 Å². The lowest BCUT2D eigenvalue weighted by Gasteiger charge is -2.13. The van der Waals surface area contributed by atoms with Gasteiger partial charge in [-0.15, -0.1) is 0 Å². The lowest BCUT2D eigenvalue weighted by Crippen LogP contribution is -2.33. The summed E-state index contributed by atoms with van der Waals surface area (Å²) >= 11 is 0. The van der Waals surface area contributed by atoms with Crippen LogP contribution in [0.15, 0.2) is 18.2 Å². The average molecular weight is 205 g/mol. The van der Waals surface area contributed by atoms with Crippen molar-refractivity contribution >= 4 is 18.3 Å². The second-order valence-electron chi connectivity index (χ2n) is 3.78. The van der Waals surface area contributed by atoms with Crippen molar-refractivity contribution in [2.75, 3.05) is 18.5 Å². The first-order chi connectivity index (χ1) is 7.33. The van der Waals surface area contributed by atoms with E-state index in [4.69, 9.17) is 4.65 Å².